The Labute approximate surface area is 202 Å². The van der Waals surface area contributed by atoms with Crippen LogP contribution in [0.15, 0.2) is 61.6 Å². The minimum Gasteiger partial charge on any atom is -0.382 e. The van der Waals surface area contributed by atoms with E-state index in [1.165, 1.54) is 18.3 Å². The van der Waals surface area contributed by atoms with Gasteiger partial charge in [-0.25, -0.2) is 19.3 Å². The van der Waals surface area contributed by atoms with E-state index in [-0.39, 0.29) is 17.2 Å². The number of benzene rings is 1. The number of piperidine rings is 1. The lowest BCUT2D eigenvalue weighted by Crippen LogP contribution is -2.48. The Balaban J connectivity index is 1.46. The first-order valence-corrected chi connectivity index (χ1v) is 11.4. The van der Waals surface area contributed by atoms with E-state index in [9.17, 15) is 4.39 Å². The molecular weight excluding hydrogens is 443 g/mol. The number of hydrogen-bond acceptors (Lipinski definition) is 8. The molecule has 3 aromatic heterocycles. The molecule has 8 nitrogen and oxygen atoms in total. The van der Waals surface area contributed by atoms with Crippen molar-refractivity contribution < 1.29 is 4.39 Å². The summed E-state index contributed by atoms with van der Waals surface area (Å²) in [6, 6.07) is 10.3. The van der Waals surface area contributed by atoms with Crippen LogP contribution in [-0.2, 0) is 0 Å². The van der Waals surface area contributed by atoms with Crippen molar-refractivity contribution in [2.24, 2.45) is 5.73 Å². The second-order valence-electron chi connectivity index (χ2n) is 9.13. The monoisotopic (exact) mass is 470 g/mol. The molecule has 1 fully saturated rings. The number of halogens is 1. The smallest absolute Gasteiger partial charge is 0.154 e. The molecule has 0 spiro atoms. The highest BCUT2D eigenvalue weighted by Gasteiger charge is 2.27. The van der Waals surface area contributed by atoms with Gasteiger partial charge in [-0.05, 0) is 55.5 Å². The first-order chi connectivity index (χ1) is 16.8. The highest BCUT2D eigenvalue weighted by Crippen LogP contribution is 2.32. The summed E-state index contributed by atoms with van der Waals surface area (Å²) in [5.41, 5.74) is 15.1. The molecule has 178 valence electrons. The van der Waals surface area contributed by atoms with Gasteiger partial charge in [0, 0.05) is 36.4 Å². The van der Waals surface area contributed by atoms with Crippen LogP contribution in [0.25, 0.3) is 27.9 Å². The minimum atomic E-state index is -0.350. The normalized spacial score (nSPS) is 15.2. The summed E-state index contributed by atoms with van der Waals surface area (Å²) in [6.07, 6.45) is 6.69. The molecule has 0 bridgehead atoms. The molecule has 4 aromatic rings. The average Bonchev–Trinajstić information content (AvgIpc) is 2.84. The van der Waals surface area contributed by atoms with E-state index in [1.54, 1.807) is 18.5 Å². The molecule has 1 aliphatic heterocycles. The molecule has 1 aliphatic rings. The van der Waals surface area contributed by atoms with Crippen LogP contribution in [0.3, 0.4) is 0 Å². The summed E-state index contributed by atoms with van der Waals surface area (Å²) < 4.78 is 14.0. The number of nitrogens with one attached hydrogen (secondary N) is 1. The molecule has 35 heavy (non-hydrogen) atoms. The standard InChI is InChI=1S/C26H27FN8/c1-16(33-25-21(4-3-10-31-25)35-12-8-26(2,29)9-13-35)22-24(28)32-15-20(34-22)23-19-14-18(27)6-5-17(19)7-11-30-23/h3-7,10-11,14-15H,1,8-9,12-13,29H2,2H3,(H2,28,32)(H,31,33). The fourth-order valence-corrected chi connectivity index (χ4v) is 4.29. The SMILES string of the molecule is C=C(Nc1ncccc1N1CCC(C)(N)CC1)c1nc(-c2nccc3ccc(F)cc23)cnc1N. The quantitative estimate of drug-likeness (QED) is 0.397. The number of hydrogen-bond donors (Lipinski definition) is 3. The number of fused-ring (bicyclic) bond motifs is 1. The number of pyridine rings is 2. The van der Waals surface area contributed by atoms with Crippen LogP contribution in [0.2, 0.25) is 0 Å². The van der Waals surface area contributed by atoms with E-state index in [4.69, 9.17) is 11.5 Å². The van der Waals surface area contributed by atoms with Crippen LogP contribution in [0.4, 0.5) is 21.7 Å². The molecule has 1 saturated heterocycles. The van der Waals surface area contributed by atoms with Crippen molar-refractivity contribution in [2.75, 3.05) is 29.0 Å². The summed E-state index contributed by atoms with van der Waals surface area (Å²) in [7, 11) is 0. The first kappa shape index (κ1) is 22.7. The van der Waals surface area contributed by atoms with Gasteiger partial charge in [0.15, 0.2) is 11.6 Å². The van der Waals surface area contributed by atoms with Crippen LogP contribution in [0, 0.1) is 5.82 Å². The highest BCUT2D eigenvalue weighted by atomic mass is 19.1. The number of nitrogens with two attached hydrogens (primary N) is 2. The van der Waals surface area contributed by atoms with E-state index in [0.29, 0.717) is 34.0 Å². The van der Waals surface area contributed by atoms with Crippen molar-refractivity contribution in [3.63, 3.8) is 0 Å². The summed E-state index contributed by atoms with van der Waals surface area (Å²) >= 11 is 0. The van der Waals surface area contributed by atoms with Gasteiger partial charge in [-0.3, -0.25) is 4.98 Å². The minimum absolute atomic E-state index is 0.154. The molecular formula is C26H27FN8. The number of nitrogens with zero attached hydrogens (tertiary/aromatic N) is 5. The van der Waals surface area contributed by atoms with Gasteiger partial charge in [-0.15, -0.1) is 0 Å². The van der Waals surface area contributed by atoms with Gasteiger partial charge in [0.05, 0.1) is 23.3 Å². The Morgan fingerprint density at radius 3 is 2.71 bits per heavy atom. The zero-order valence-electron chi connectivity index (χ0n) is 19.5. The van der Waals surface area contributed by atoms with Gasteiger partial charge in [-0.1, -0.05) is 12.6 Å². The lowest BCUT2D eigenvalue weighted by Gasteiger charge is -2.38. The third-order valence-corrected chi connectivity index (χ3v) is 6.36. The Bertz CT molecular complexity index is 1410. The number of rotatable bonds is 5. The predicted molar refractivity (Wildman–Crippen MR) is 138 cm³/mol. The van der Waals surface area contributed by atoms with E-state index in [1.807, 2.05) is 18.2 Å². The Morgan fingerprint density at radius 2 is 1.91 bits per heavy atom. The van der Waals surface area contributed by atoms with Gasteiger partial charge < -0.3 is 21.7 Å². The van der Waals surface area contributed by atoms with Crippen LogP contribution in [0.1, 0.15) is 25.5 Å². The molecule has 0 atom stereocenters. The predicted octanol–water partition coefficient (Wildman–Crippen LogP) is 4.21. The maximum Gasteiger partial charge on any atom is 0.154 e. The second kappa shape index (κ2) is 8.92. The Kier molecular flexibility index (Phi) is 5.78. The van der Waals surface area contributed by atoms with Crippen LogP contribution < -0.4 is 21.7 Å². The zero-order valence-corrected chi connectivity index (χ0v) is 19.5. The van der Waals surface area contributed by atoms with Gasteiger partial charge in [0.1, 0.15) is 17.2 Å². The van der Waals surface area contributed by atoms with Gasteiger partial charge in [-0.2, -0.15) is 0 Å². The molecule has 0 unspecified atom stereocenters. The fraction of sp³-hybridized carbons (Fsp3) is 0.231. The van der Waals surface area contributed by atoms with E-state index < -0.39 is 0 Å². The fourth-order valence-electron chi connectivity index (χ4n) is 4.29. The van der Waals surface area contributed by atoms with Crippen molar-refractivity contribution in [3.8, 4) is 11.4 Å². The van der Waals surface area contributed by atoms with Crippen LogP contribution in [0.5, 0.6) is 0 Å². The van der Waals surface area contributed by atoms with Crippen molar-refractivity contribution in [1.82, 2.24) is 19.9 Å². The zero-order chi connectivity index (χ0) is 24.6. The molecule has 5 rings (SSSR count). The molecule has 4 heterocycles. The van der Waals surface area contributed by atoms with E-state index >= 15 is 0 Å². The third kappa shape index (κ3) is 4.63. The summed E-state index contributed by atoms with van der Waals surface area (Å²) in [5, 5.41) is 4.76. The topological polar surface area (TPSA) is 119 Å². The molecule has 5 N–H and O–H groups in total. The number of nitrogen functional groups attached to an aromatic ring is 1. The first-order valence-electron chi connectivity index (χ1n) is 11.4. The number of aromatic nitrogens is 4. The average molecular weight is 471 g/mol. The lowest BCUT2D eigenvalue weighted by atomic mass is 9.91. The second-order valence-corrected chi connectivity index (χ2v) is 9.13. The molecule has 9 heteroatoms. The Morgan fingerprint density at radius 1 is 1.11 bits per heavy atom. The van der Waals surface area contributed by atoms with Crippen LogP contribution in [-0.4, -0.2) is 38.6 Å². The maximum absolute atomic E-state index is 14.0. The molecule has 1 aromatic carbocycles. The summed E-state index contributed by atoms with van der Waals surface area (Å²) in [4.78, 5) is 20.2. The van der Waals surface area contributed by atoms with Gasteiger partial charge in [0.25, 0.3) is 0 Å². The van der Waals surface area contributed by atoms with Gasteiger partial charge in [0.2, 0.25) is 0 Å². The highest BCUT2D eigenvalue weighted by molar-refractivity contribution is 5.94. The molecule has 0 radical (unpaired) electrons. The maximum atomic E-state index is 14.0. The number of anilines is 3. The van der Waals surface area contributed by atoms with E-state index in [2.05, 4.69) is 43.7 Å². The van der Waals surface area contributed by atoms with E-state index in [0.717, 1.165) is 37.0 Å². The third-order valence-electron chi connectivity index (χ3n) is 6.36. The van der Waals surface area contributed by atoms with Crippen molar-refractivity contribution >= 4 is 33.8 Å². The molecule has 0 aliphatic carbocycles. The molecule has 0 amide bonds. The van der Waals surface area contributed by atoms with Crippen molar-refractivity contribution in [2.45, 2.75) is 25.3 Å². The molecule has 0 saturated carbocycles. The largest absolute Gasteiger partial charge is 0.382 e. The van der Waals surface area contributed by atoms with Crippen molar-refractivity contribution in [3.05, 3.63) is 73.1 Å². The summed E-state index contributed by atoms with van der Waals surface area (Å²) in [5.74, 6) is 0.513. The van der Waals surface area contributed by atoms with Crippen LogP contribution >= 0.6 is 0 Å². The lowest BCUT2D eigenvalue weighted by molar-refractivity contribution is 0.364. The summed E-state index contributed by atoms with van der Waals surface area (Å²) in [6.45, 7) is 7.90. The van der Waals surface area contributed by atoms with Crippen molar-refractivity contribution in [1.29, 1.82) is 0 Å². The van der Waals surface area contributed by atoms with Gasteiger partial charge >= 0.3 is 0 Å². The Hall–Kier alpha value is -4.11.